The third-order valence-electron chi connectivity index (χ3n) is 1.82. The van der Waals surface area contributed by atoms with E-state index in [0.717, 1.165) is 0 Å². The molecule has 1 atom stereocenters. The number of rotatable bonds is 4. The highest BCUT2D eigenvalue weighted by molar-refractivity contribution is 6.37. The maximum absolute atomic E-state index is 8.68. The molecular weight excluding hydrogens is 235 g/mol. The first kappa shape index (κ1) is 12.1. The summed E-state index contributed by atoms with van der Waals surface area (Å²) in [6, 6.07) is 6.76. The van der Waals surface area contributed by atoms with Gasteiger partial charge in [0.1, 0.15) is 12.6 Å². The number of para-hydroxylation sites is 1. The molecule has 0 bridgehead atoms. The third kappa shape index (κ3) is 3.28. The van der Waals surface area contributed by atoms with Gasteiger partial charge in [0.05, 0.1) is 16.1 Å². The van der Waals surface area contributed by atoms with Crippen molar-refractivity contribution in [1.82, 2.24) is 5.32 Å². The number of likely N-dealkylation sites (N-methyl/N-ethyl adjacent to an activating group) is 1. The van der Waals surface area contributed by atoms with Gasteiger partial charge in [0.25, 0.3) is 0 Å². The van der Waals surface area contributed by atoms with E-state index >= 15 is 0 Å². The van der Waals surface area contributed by atoms with Crippen LogP contribution in [0.15, 0.2) is 18.2 Å². The Kier molecular flexibility index (Phi) is 4.70. The van der Waals surface area contributed by atoms with Crippen molar-refractivity contribution in [3.05, 3.63) is 28.2 Å². The number of nitrogens with one attached hydrogen (secondary N) is 1. The van der Waals surface area contributed by atoms with Crippen molar-refractivity contribution in [1.29, 1.82) is 5.26 Å². The summed E-state index contributed by atoms with van der Waals surface area (Å²) in [5, 5.41) is 12.4. The molecule has 0 saturated heterocycles. The number of halogens is 2. The minimum atomic E-state index is -0.377. The van der Waals surface area contributed by atoms with Gasteiger partial charge in [0.15, 0.2) is 5.75 Å². The van der Waals surface area contributed by atoms with Gasteiger partial charge in [0.2, 0.25) is 0 Å². The molecule has 0 aliphatic heterocycles. The molecule has 0 saturated carbocycles. The summed E-state index contributed by atoms with van der Waals surface area (Å²) in [7, 11) is 1.69. The second-order valence-electron chi connectivity index (χ2n) is 2.83. The Labute approximate surface area is 98.6 Å². The fourth-order valence-corrected chi connectivity index (χ4v) is 1.48. The highest BCUT2D eigenvalue weighted by Gasteiger charge is 2.10. The van der Waals surface area contributed by atoms with Crippen LogP contribution in [0, 0.1) is 11.3 Å². The molecule has 0 fully saturated rings. The van der Waals surface area contributed by atoms with E-state index in [1.54, 1.807) is 25.2 Å². The molecule has 0 aliphatic carbocycles. The molecule has 1 rings (SSSR count). The SMILES string of the molecule is CNC(C#N)COc1c(Cl)cccc1Cl. The first-order valence-corrected chi connectivity index (χ1v) is 5.08. The first-order valence-electron chi connectivity index (χ1n) is 4.32. The topological polar surface area (TPSA) is 45.0 Å². The molecule has 0 heterocycles. The molecule has 80 valence electrons. The van der Waals surface area contributed by atoms with Crippen molar-refractivity contribution in [2.45, 2.75) is 6.04 Å². The second-order valence-corrected chi connectivity index (χ2v) is 3.65. The lowest BCUT2D eigenvalue weighted by molar-refractivity contribution is 0.295. The van der Waals surface area contributed by atoms with Crippen molar-refractivity contribution >= 4 is 23.2 Å². The van der Waals surface area contributed by atoms with Gasteiger partial charge in [-0.2, -0.15) is 5.26 Å². The van der Waals surface area contributed by atoms with Crippen LogP contribution in [0.5, 0.6) is 5.75 Å². The zero-order chi connectivity index (χ0) is 11.3. The summed E-state index contributed by atoms with van der Waals surface area (Å²) < 4.78 is 5.36. The molecule has 0 spiro atoms. The Balaban J connectivity index is 2.69. The molecule has 3 nitrogen and oxygen atoms in total. The van der Waals surface area contributed by atoms with E-state index in [4.69, 9.17) is 33.2 Å². The lowest BCUT2D eigenvalue weighted by atomic mass is 10.3. The number of nitriles is 1. The van der Waals surface area contributed by atoms with Crippen molar-refractivity contribution in [3.63, 3.8) is 0 Å². The van der Waals surface area contributed by atoms with Crippen molar-refractivity contribution in [2.24, 2.45) is 0 Å². The summed E-state index contributed by atoms with van der Waals surface area (Å²) >= 11 is 11.8. The van der Waals surface area contributed by atoms with Gasteiger partial charge in [-0.15, -0.1) is 0 Å². The summed E-state index contributed by atoms with van der Waals surface area (Å²) in [4.78, 5) is 0. The number of ether oxygens (including phenoxy) is 1. The van der Waals surface area contributed by atoms with Crippen LogP contribution >= 0.6 is 23.2 Å². The van der Waals surface area contributed by atoms with Gasteiger partial charge in [0, 0.05) is 0 Å². The number of nitrogens with zero attached hydrogens (tertiary/aromatic N) is 1. The Bertz CT molecular complexity index is 356. The molecule has 0 aromatic heterocycles. The fraction of sp³-hybridized carbons (Fsp3) is 0.300. The molecule has 1 N–H and O–H groups in total. The number of hydrogen-bond acceptors (Lipinski definition) is 3. The van der Waals surface area contributed by atoms with Gasteiger partial charge < -0.3 is 10.1 Å². The van der Waals surface area contributed by atoms with Crippen LogP contribution in [0.25, 0.3) is 0 Å². The van der Waals surface area contributed by atoms with E-state index in [9.17, 15) is 0 Å². The number of benzene rings is 1. The van der Waals surface area contributed by atoms with Gasteiger partial charge in [-0.3, -0.25) is 0 Å². The molecule has 5 heteroatoms. The highest BCUT2D eigenvalue weighted by Crippen LogP contribution is 2.32. The van der Waals surface area contributed by atoms with Crippen LogP contribution in [0.2, 0.25) is 10.0 Å². The molecule has 0 amide bonds. The van der Waals surface area contributed by atoms with Gasteiger partial charge in [-0.1, -0.05) is 29.3 Å². The summed E-state index contributed by atoms with van der Waals surface area (Å²) in [6.07, 6.45) is 0. The average molecular weight is 245 g/mol. The van der Waals surface area contributed by atoms with Crippen molar-refractivity contribution in [2.75, 3.05) is 13.7 Å². The van der Waals surface area contributed by atoms with Gasteiger partial charge in [-0.25, -0.2) is 0 Å². The first-order chi connectivity index (χ1) is 7.19. The molecule has 1 aromatic rings. The highest BCUT2D eigenvalue weighted by atomic mass is 35.5. The van der Waals surface area contributed by atoms with Crippen LogP contribution in [0.1, 0.15) is 0 Å². The van der Waals surface area contributed by atoms with Crippen LogP contribution in [-0.4, -0.2) is 19.7 Å². The van der Waals surface area contributed by atoms with Gasteiger partial charge >= 0.3 is 0 Å². The lowest BCUT2D eigenvalue weighted by Crippen LogP contribution is -2.29. The quantitative estimate of drug-likeness (QED) is 0.886. The van der Waals surface area contributed by atoms with E-state index in [0.29, 0.717) is 15.8 Å². The van der Waals surface area contributed by atoms with Gasteiger partial charge in [-0.05, 0) is 19.2 Å². The molecule has 1 aromatic carbocycles. The van der Waals surface area contributed by atoms with Crippen LogP contribution in [0.3, 0.4) is 0 Å². The standard InChI is InChI=1S/C10H10Cl2N2O/c1-14-7(5-13)6-15-10-8(11)3-2-4-9(10)12/h2-4,7,14H,6H2,1H3. The largest absolute Gasteiger partial charge is 0.488 e. The van der Waals surface area contributed by atoms with Crippen LogP contribution in [-0.2, 0) is 0 Å². The van der Waals surface area contributed by atoms with Crippen LogP contribution < -0.4 is 10.1 Å². The minimum Gasteiger partial charge on any atom is -0.488 e. The van der Waals surface area contributed by atoms with E-state index in [-0.39, 0.29) is 12.6 Å². The van der Waals surface area contributed by atoms with Crippen molar-refractivity contribution < 1.29 is 4.74 Å². The molecule has 15 heavy (non-hydrogen) atoms. The molecule has 0 aliphatic rings. The maximum atomic E-state index is 8.68. The Hall–Kier alpha value is -0.950. The van der Waals surface area contributed by atoms with Crippen LogP contribution in [0.4, 0.5) is 0 Å². The minimum absolute atomic E-state index is 0.205. The molecule has 1 unspecified atom stereocenters. The summed E-state index contributed by atoms with van der Waals surface area (Å²) in [5.41, 5.74) is 0. The Morgan fingerprint density at radius 3 is 2.53 bits per heavy atom. The summed E-state index contributed by atoms with van der Waals surface area (Å²) in [6.45, 7) is 0.205. The molecule has 0 radical (unpaired) electrons. The molecular formula is C10H10Cl2N2O. The van der Waals surface area contributed by atoms with E-state index < -0.39 is 0 Å². The van der Waals surface area contributed by atoms with E-state index in [1.165, 1.54) is 0 Å². The Morgan fingerprint density at radius 2 is 2.07 bits per heavy atom. The van der Waals surface area contributed by atoms with Crippen molar-refractivity contribution in [3.8, 4) is 11.8 Å². The zero-order valence-corrected chi connectivity index (χ0v) is 9.64. The number of hydrogen-bond donors (Lipinski definition) is 1. The predicted molar refractivity (Wildman–Crippen MR) is 60.4 cm³/mol. The fourth-order valence-electron chi connectivity index (χ4n) is 0.972. The van der Waals surface area contributed by atoms with E-state index in [2.05, 4.69) is 5.32 Å². The monoisotopic (exact) mass is 244 g/mol. The predicted octanol–water partition coefficient (Wildman–Crippen LogP) is 2.48. The Morgan fingerprint density at radius 1 is 1.47 bits per heavy atom. The second kappa shape index (κ2) is 5.82. The van der Waals surface area contributed by atoms with E-state index in [1.807, 2.05) is 6.07 Å². The normalized spacial score (nSPS) is 11.9. The zero-order valence-electron chi connectivity index (χ0n) is 8.13. The maximum Gasteiger partial charge on any atom is 0.156 e. The summed E-state index contributed by atoms with van der Waals surface area (Å²) in [5.74, 6) is 0.413. The third-order valence-corrected chi connectivity index (χ3v) is 2.41. The lowest BCUT2D eigenvalue weighted by Gasteiger charge is -2.12. The smallest absolute Gasteiger partial charge is 0.156 e. The average Bonchev–Trinajstić information content (AvgIpc) is 2.23.